The van der Waals surface area contributed by atoms with Crippen molar-refractivity contribution in [3.05, 3.63) is 23.8 Å². The topological polar surface area (TPSA) is 74.5 Å². The van der Waals surface area contributed by atoms with Gasteiger partial charge in [-0.1, -0.05) is 0 Å². The van der Waals surface area contributed by atoms with E-state index >= 15 is 0 Å². The van der Waals surface area contributed by atoms with E-state index in [-0.39, 0.29) is 11.9 Å². The van der Waals surface area contributed by atoms with Gasteiger partial charge in [-0.3, -0.25) is 9.80 Å². The quantitative estimate of drug-likeness (QED) is 0.842. The molecular weight excluding hydrogens is 302 g/mol. The summed E-state index contributed by atoms with van der Waals surface area (Å²) >= 11 is 5.38. The molecule has 22 heavy (non-hydrogen) atoms. The number of hydrogen-bond acceptors (Lipinski definition) is 5. The second-order valence-electron chi connectivity index (χ2n) is 5.48. The second-order valence-corrected chi connectivity index (χ2v) is 5.86. The zero-order valence-corrected chi connectivity index (χ0v) is 13.3. The van der Waals surface area contributed by atoms with Crippen LogP contribution >= 0.6 is 12.2 Å². The Hall–Kier alpha value is -2.22. The summed E-state index contributed by atoms with van der Waals surface area (Å²) in [4.78, 5) is 12.7. The van der Waals surface area contributed by atoms with Crippen molar-refractivity contribution in [3.63, 3.8) is 0 Å². The molecule has 1 aromatic carbocycles. The molecule has 0 radical (unpaired) electrons. The Bertz CT molecular complexity index is 714. The average molecular weight is 319 g/mol. The van der Waals surface area contributed by atoms with Crippen LogP contribution in [0.1, 0.15) is 30.6 Å². The lowest BCUT2D eigenvalue weighted by atomic mass is 10.2. The molecule has 0 bridgehead atoms. The molecule has 1 amide bonds. The predicted molar refractivity (Wildman–Crippen MR) is 85.0 cm³/mol. The van der Waals surface area contributed by atoms with Crippen LogP contribution in [0.2, 0.25) is 0 Å². The molecular formula is C14H17N5O2S. The number of nitrogens with one attached hydrogen (secondary N) is 1. The van der Waals surface area contributed by atoms with E-state index in [0.29, 0.717) is 28.3 Å². The first kappa shape index (κ1) is 14.7. The number of hydrazine groups is 1. The van der Waals surface area contributed by atoms with Gasteiger partial charge in [0.2, 0.25) is 0 Å². The molecule has 3 rings (SSSR count). The molecule has 1 saturated heterocycles. The monoisotopic (exact) mass is 319 g/mol. The van der Waals surface area contributed by atoms with Crippen molar-refractivity contribution in [1.29, 1.82) is 0 Å². The highest BCUT2D eigenvalue weighted by Gasteiger charge is 2.29. The third kappa shape index (κ3) is 2.74. The zero-order valence-electron chi connectivity index (χ0n) is 12.4. The minimum atomic E-state index is -0.102. The molecule has 0 unspecified atom stereocenters. The van der Waals surface area contributed by atoms with Gasteiger partial charge in [0.05, 0.1) is 0 Å². The standard InChI is InChI=1S/C14H17N5O2S/c1-9(2)15-14(22)19-7-3-6-18(19)13(20)10-4-5-11-12(8-10)17-21-16-11/h4-5,8-9H,3,6-7H2,1-2H3,(H,15,22). The first-order valence-electron chi connectivity index (χ1n) is 7.18. The van der Waals surface area contributed by atoms with Crippen LogP contribution in [0.3, 0.4) is 0 Å². The van der Waals surface area contributed by atoms with E-state index in [1.165, 1.54) is 0 Å². The summed E-state index contributed by atoms with van der Waals surface area (Å²) in [6.45, 7) is 5.41. The third-order valence-corrected chi connectivity index (χ3v) is 3.74. The fourth-order valence-electron chi connectivity index (χ4n) is 2.42. The number of thiocarbonyl (C=S) groups is 1. The number of benzene rings is 1. The molecule has 0 saturated carbocycles. The number of hydrogen-bond donors (Lipinski definition) is 1. The summed E-state index contributed by atoms with van der Waals surface area (Å²) in [6, 6.07) is 5.36. The van der Waals surface area contributed by atoms with Crippen LogP contribution in [0.5, 0.6) is 0 Å². The molecule has 1 aliphatic rings. The molecule has 0 atom stereocenters. The van der Waals surface area contributed by atoms with Crippen molar-refractivity contribution in [2.75, 3.05) is 13.1 Å². The Morgan fingerprint density at radius 2 is 2.00 bits per heavy atom. The molecule has 7 nitrogen and oxygen atoms in total. The van der Waals surface area contributed by atoms with Crippen molar-refractivity contribution >= 4 is 34.3 Å². The van der Waals surface area contributed by atoms with Crippen molar-refractivity contribution in [3.8, 4) is 0 Å². The van der Waals surface area contributed by atoms with Crippen molar-refractivity contribution in [1.82, 2.24) is 25.6 Å². The molecule has 116 valence electrons. The molecule has 1 N–H and O–H groups in total. The van der Waals surface area contributed by atoms with E-state index in [0.717, 1.165) is 13.0 Å². The second kappa shape index (κ2) is 5.88. The summed E-state index contributed by atoms with van der Waals surface area (Å²) in [5.74, 6) is -0.102. The van der Waals surface area contributed by atoms with Gasteiger partial charge in [0.15, 0.2) is 5.11 Å². The summed E-state index contributed by atoms with van der Waals surface area (Å²) in [6.07, 6.45) is 0.888. The number of fused-ring (bicyclic) bond motifs is 1. The van der Waals surface area contributed by atoms with Gasteiger partial charge in [-0.15, -0.1) is 0 Å². The minimum Gasteiger partial charge on any atom is -0.359 e. The molecule has 8 heteroatoms. The first-order valence-corrected chi connectivity index (χ1v) is 7.59. The molecule has 1 aliphatic heterocycles. The van der Waals surface area contributed by atoms with Crippen molar-refractivity contribution in [2.45, 2.75) is 26.3 Å². The lowest BCUT2D eigenvalue weighted by molar-refractivity contribution is 0.0490. The molecule has 0 spiro atoms. The number of carbonyl (C=O) groups is 1. The van der Waals surface area contributed by atoms with Gasteiger partial charge in [-0.2, -0.15) is 0 Å². The lowest BCUT2D eigenvalue weighted by Gasteiger charge is -2.31. The number of aromatic nitrogens is 2. The Kier molecular flexibility index (Phi) is 3.93. The highest BCUT2D eigenvalue weighted by Crippen LogP contribution is 2.18. The van der Waals surface area contributed by atoms with Gasteiger partial charge < -0.3 is 5.32 Å². The van der Waals surface area contributed by atoms with Crippen LogP contribution in [-0.2, 0) is 0 Å². The summed E-state index contributed by atoms with van der Waals surface area (Å²) in [5, 5.41) is 14.8. The predicted octanol–water partition coefficient (Wildman–Crippen LogP) is 1.57. The molecule has 1 fully saturated rings. The Balaban J connectivity index is 1.82. The molecule has 2 heterocycles. The van der Waals surface area contributed by atoms with Gasteiger partial charge in [-0.25, -0.2) is 9.64 Å². The van der Waals surface area contributed by atoms with Crippen molar-refractivity contribution < 1.29 is 9.42 Å². The van der Waals surface area contributed by atoms with E-state index in [9.17, 15) is 4.79 Å². The minimum absolute atomic E-state index is 0.102. The van der Waals surface area contributed by atoms with Gasteiger partial charge in [0, 0.05) is 24.7 Å². The van der Waals surface area contributed by atoms with Crippen molar-refractivity contribution in [2.24, 2.45) is 0 Å². The van der Waals surface area contributed by atoms with Crippen LogP contribution in [0.4, 0.5) is 0 Å². The van der Waals surface area contributed by atoms with E-state index in [2.05, 4.69) is 20.3 Å². The van der Waals surface area contributed by atoms with Crippen LogP contribution in [-0.4, -0.2) is 50.5 Å². The smallest absolute Gasteiger partial charge is 0.272 e. The Morgan fingerprint density at radius 3 is 2.77 bits per heavy atom. The molecule has 1 aromatic heterocycles. The molecule has 2 aromatic rings. The highest BCUT2D eigenvalue weighted by molar-refractivity contribution is 7.80. The SMILES string of the molecule is CC(C)NC(=S)N1CCCN1C(=O)c1ccc2nonc2c1. The van der Waals surface area contributed by atoms with Crippen LogP contribution in [0.25, 0.3) is 11.0 Å². The maximum Gasteiger partial charge on any atom is 0.272 e. The maximum absolute atomic E-state index is 12.7. The number of rotatable bonds is 2. The maximum atomic E-state index is 12.7. The summed E-state index contributed by atoms with van der Waals surface area (Å²) in [7, 11) is 0. The summed E-state index contributed by atoms with van der Waals surface area (Å²) in [5.41, 5.74) is 1.74. The van der Waals surface area contributed by atoms with Crippen LogP contribution in [0.15, 0.2) is 22.8 Å². The van der Waals surface area contributed by atoms with E-state index < -0.39 is 0 Å². The normalized spacial score (nSPS) is 14.9. The zero-order chi connectivity index (χ0) is 15.7. The first-order chi connectivity index (χ1) is 10.6. The lowest BCUT2D eigenvalue weighted by Crippen LogP contribution is -2.50. The van der Waals surface area contributed by atoms with E-state index in [1.54, 1.807) is 23.2 Å². The van der Waals surface area contributed by atoms with Crippen LogP contribution in [0, 0.1) is 0 Å². The highest BCUT2D eigenvalue weighted by atomic mass is 32.1. The summed E-state index contributed by atoms with van der Waals surface area (Å²) < 4.78 is 4.66. The fraction of sp³-hybridized carbons (Fsp3) is 0.429. The number of nitrogens with zero attached hydrogens (tertiary/aromatic N) is 4. The Labute approximate surface area is 133 Å². The number of amides is 1. The van der Waals surface area contributed by atoms with Gasteiger partial charge >= 0.3 is 0 Å². The fourth-order valence-corrected chi connectivity index (χ4v) is 2.85. The van der Waals surface area contributed by atoms with Gasteiger partial charge in [0.1, 0.15) is 11.0 Å². The molecule has 0 aliphatic carbocycles. The van der Waals surface area contributed by atoms with Gasteiger partial charge in [0.25, 0.3) is 5.91 Å². The third-order valence-electron chi connectivity index (χ3n) is 3.41. The largest absolute Gasteiger partial charge is 0.359 e. The number of carbonyl (C=O) groups excluding carboxylic acids is 1. The van der Waals surface area contributed by atoms with Crippen LogP contribution < -0.4 is 5.32 Å². The van der Waals surface area contributed by atoms with Gasteiger partial charge in [-0.05, 0) is 61.0 Å². The van der Waals surface area contributed by atoms with E-state index in [1.807, 2.05) is 18.9 Å². The average Bonchev–Trinajstić information content (AvgIpc) is 3.13. The Morgan fingerprint density at radius 1 is 1.27 bits per heavy atom. The van der Waals surface area contributed by atoms with E-state index in [4.69, 9.17) is 12.2 Å².